The van der Waals surface area contributed by atoms with E-state index >= 15 is 0 Å². The molecule has 37 heavy (non-hydrogen) atoms. The van der Waals surface area contributed by atoms with E-state index in [2.05, 4.69) is 22.0 Å². The maximum atomic E-state index is 11.6. The molecule has 0 aliphatic carbocycles. The third-order valence-corrected chi connectivity index (χ3v) is 7.59. The number of pyridine rings is 1. The van der Waals surface area contributed by atoms with E-state index in [1.165, 1.54) is 5.56 Å². The predicted octanol–water partition coefficient (Wildman–Crippen LogP) is 5.25. The highest BCUT2D eigenvalue weighted by Crippen LogP contribution is 2.34. The van der Waals surface area contributed by atoms with Gasteiger partial charge in [0.2, 0.25) is 0 Å². The Bertz CT molecular complexity index is 1180. The van der Waals surface area contributed by atoms with Crippen molar-refractivity contribution in [1.29, 1.82) is 0 Å². The quantitative estimate of drug-likeness (QED) is 0.346. The molecule has 1 saturated heterocycles. The minimum absolute atomic E-state index is 0.0875. The number of carboxylic acids is 1. The van der Waals surface area contributed by atoms with Crippen LogP contribution in [-0.2, 0) is 11.2 Å². The Morgan fingerprint density at radius 3 is 2.73 bits per heavy atom. The number of aromatic nitrogens is 1. The molecule has 0 radical (unpaired) electrons. The number of fused-ring (bicyclic) bond motifs is 1. The average molecular weight is 507 g/mol. The average Bonchev–Trinajstić information content (AvgIpc) is 2.91. The SMILES string of the molecule is COc1cccc(CCCN2CCCC(CC(=O)O)C2CCC(O)c2ccnc3ccc(OC)cc23)c1. The number of nitrogens with zero attached hydrogens (tertiary/aromatic N) is 2. The van der Waals surface area contributed by atoms with E-state index in [9.17, 15) is 15.0 Å². The molecule has 3 atom stereocenters. The Morgan fingerprint density at radius 2 is 1.95 bits per heavy atom. The van der Waals surface area contributed by atoms with E-state index < -0.39 is 12.1 Å². The Kier molecular flexibility index (Phi) is 9.36. The molecule has 3 aromatic rings. The lowest BCUT2D eigenvalue weighted by molar-refractivity contribution is -0.139. The van der Waals surface area contributed by atoms with E-state index in [0.29, 0.717) is 6.42 Å². The van der Waals surface area contributed by atoms with Gasteiger partial charge in [-0.1, -0.05) is 12.1 Å². The third kappa shape index (κ3) is 6.99. The number of methoxy groups -OCH3 is 2. The molecule has 0 bridgehead atoms. The van der Waals surface area contributed by atoms with Crippen molar-refractivity contribution in [3.05, 3.63) is 65.9 Å². The molecule has 3 unspecified atom stereocenters. The first-order chi connectivity index (χ1) is 18.0. The van der Waals surface area contributed by atoms with Crippen molar-refractivity contribution in [2.24, 2.45) is 5.92 Å². The van der Waals surface area contributed by atoms with Gasteiger partial charge in [0.25, 0.3) is 0 Å². The standard InChI is InChI=1S/C30H38N2O5/c1-36-23-9-3-6-21(18-23)7-4-16-32-17-5-8-22(19-30(34)35)28(32)12-13-29(33)25-14-15-31-27-11-10-24(37-2)20-26(25)27/h3,6,9-11,14-15,18,20,22,28-29,33H,4-5,7-8,12-13,16-17,19H2,1-2H3,(H,34,35). The van der Waals surface area contributed by atoms with Gasteiger partial charge in [0, 0.05) is 24.0 Å². The second-order valence-electron chi connectivity index (χ2n) is 9.93. The minimum atomic E-state index is -0.749. The first kappa shape index (κ1) is 26.9. The van der Waals surface area contributed by atoms with Crippen molar-refractivity contribution in [3.8, 4) is 11.5 Å². The van der Waals surface area contributed by atoms with E-state index in [0.717, 1.165) is 73.2 Å². The van der Waals surface area contributed by atoms with Crippen LogP contribution in [0.5, 0.6) is 11.5 Å². The van der Waals surface area contributed by atoms with Crippen LogP contribution in [0.3, 0.4) is 0 Å². The van der Waals surface area contributed by atoms with Gasteiger partial charge in [-0.3, -0.25) is 9.78 Å². The van der Waals surface area contributed by atoms with Gasteiger partial charge in [0.15, 0.2) is 0 Å². The van der Waals surface area contributed by atoms with Gasteiger partial charge in [-0.2, -0.15) is 0 Å². The summed E-state index contributed by atoms with van der Waals surface area (Å²) in [7, 11) is 3.31. The minimum Gasteiger partial charge on any atom is -0.497 e. The lowest BCUT2D eigenvalue weighted by atomic mass is 9.83. The second kappa shape index (κ2) is 12.9. The van der Waals surface area contributed by atoms with Gasteiger partial charge in [-0.15, -0.1) is 0 Å². The normalized spacial score (nSPS) is 19.0. The lowest BCUT2D eigenvalue weighted by Gasteiger charge is -2.41. The van der Waals surface area contributed by atoms with Crippen LogP contribution >= 0.6 is 0 Å². The van der Waals surface area contributed by atoms with Crippen LogP contribution in [0.4, 0.5) is 0 Å². The van der Waals surface area contributed by atoms with Crippen LogP contribution in [0.2, 0.25) is 0 Å². The van der Waals surface area contributed by atoms with Crippen LogP contribution in [0.25, 0.3) is 10.9 Å². The number of likely N-dealkylation sites (tertiary alicyclic amines) is 1. The number of aliphatic hydroxyl groups is 1. The summed E-state index contributed by atoms with van der Waals surface area (Å²) in [5.41, 5.74) is 2.89. The Balaban J connectivity index is 1.45. The molecule has 2 aromatic carbocycles. The van der Waals surface area contributed by atoms with Crippen molar-refractivity contribution >= 4 is 16.9 Å². The molecular weight excluding hydrogens is 468 g/mol. The predicted molar refractivity (Wildman–Crippen MR) is 144 cm³/mol. The fraction of sp³-hybridized carbons (Fsp3) is 0.467. The van der Waals surface area contributed by atoms with Crippen LogP contribution in [0.15, 0.2) is 54.7 Å². The summed E-state index contributed by atoms with van der Waals surface area (Å²) in [6.45, 7) is 1.87. The van der Waals surface area contributed by atoms with Crippen molar-refractivity contribution < 1.29 is 24.5 Å². The molecule has 1 aliphatic heterocycles. The van der Waals surface area contributed by atoms with E-state index in [1.54, 1.807) is 20.4 Å². The molecule has 4 rings (SSSR count). The molecule has 0 amide bonds. The number of piperidine rings is 1. The highest BCUT2D eigenvalue weighted by Gasteiger charge is 2.33. The molecule has 7 heteroatoms. The van der Waals surface area contributed by atoms with E-state index in [-0.39, 0.29) is 18.4 Å². The smallest absolute Gasteiger partial charge is 0.303 e. The van der Waals surface area contributed by atoms with Gasteiger partial charge in [0.1, 0.15) is 11.5 Å². The number of carbonyl (C=O) groups is 1. The van der Waals surface area contributed by atoms with Gasteiger partial charge >= 0.3 is 5.97 Å². The molecule has 2 heterocycles. The van der Waals surface area contributed by atoms with Crippen LogP contribution in [0, 0.1) is 5.92 Å². The van der Waals surface area contributed by atoms with E-state index in [1.807, 2.05) is 36.4 Å². The van der Waals surface area contributed by atoms with Gasteiger partial charge in [-0.25, -0.2) is 0 Å². The van der Waals surface area contributed by atoms with Crippen LogP contribution < -0.4 is 9.47 Å². The number of benzene rings is 2. The lowest BCUT2D eigenvalue weighted by Crippen LogP contribution is -2.46. The monoisotopic (exact) mass is 506 g/mol. The van der Waals surface area contributed by atoms with Crippen LogP contribution in [0.1, 0.15) is 55.8 Å². The highest BCUT2D eigenvalue weighted by atomic mass is 16.5. The Labute approximate surface area is 219 Å². The maximum absolute atomic E-state index is 11.6. The zero-order valence-corrected chi connectivity index (χ0v) is 21.8. The molecule has 7 nitrogen and oxygen atoms in total. The Hall–Kier alpha value is -3.16. The molecule has 0 saturated carbocycles. The van der Waals surface area contributed by atoms with Gasteiger partial charge in [-0.05, 0) is 105 Å². The summed E-state index contributed by atoms with van der Waals surface area (Å²) in [5.74, 6) is 0.931. The number of ether oxygens (including phenoxy) is 2. The number of carboxylic acid groups (broad SMARTS) is 1. The molecule has 1 aromatic heterocycles. The Morgan fingerprint density at radius 1 is 1.14 bits per heavy atom. The van der Waals surface area contributed by atoms with Gasteiger partial charge < -0.3 is 24.6 Å². The summed E-state index contributed by atoms with van der Waals surface area (Å²) in [5, 5.41) is 21.7. The number of hydrogen-bond donors (Lipinski definition) is 2. The topological polar surface area (TPSA) is 92.1 Å². The summed E-state index contributed by atoms with van der Waals surface area (Å²) in [4.78, 5) is 18.5. The molecule has 2 N–H and O–H groups in total. The summed E-state index contributed by atoms with van der Waals surface area (Å²) in [6, 6.07) is 15.8. The zero-order valence-electron chi connectivity index (χ0n) is 21.8. The highest BCUT2D eigenvalue weighted by molar-refractivity contribution is 5.83. The van der Waals surface area contributed by atoms with Gasteiger partial charge in [0.05, 0.1) is 25.8 Å². The number of aliphatic carboxylic acids is 1. The van der Waals surface area contributed by atoms with E-state index in [4.69, 9.17) is 9.47 Å². The van der Waals surface area contributed by atoms with Crippen LogP contribution in [-0.4, -0.2) is 59.4 Å². The summed E-state index contributed by atoms with van der Waals surface area (Å²) in [6.07, 6.45) is 6.38. The van der Waals surface area contributed by atoms with Crippen molar-refractivity contribution in [1.82, 2.24) is 9.88 Å². The molecule has 1 fully saturated rings. The number of rotatable bonds is 12. The maximum Gasteiger partial charge on any atom is 0.303 e. The first-order valence-corrected chi connectivity index (χ1v) is 13.2. The summed E-state index contributed by atoms with van der Waals surface area (Å²) >= 11 is 0. The molecule has 1 aliphatic rings. The first-order valence-electron chi connectivity index (χ1n) is 13.2. The number of hydrogen-bond acceptors (Lipinski definition) is 6. The van der Waals surface area contributed by atoms with Crippen molar-refractivity contribution in [3.63, 3.8) is 0 Å². The summed E-state index contributed by atoms with van der Waals surface area (Å²) < 4.78 is 10.7. The molecule has 198 valence electrons. The van der Waals surface area contributed by atoms with Crippen molar-refractivity contribution in [2.45, 2.75) is 57.1 Å². The van der Waals surface area contributed by atoms with Crippen molar-refractivity contribution in [2.75, 3.05) is 27.3 Å². The number of aliphatic hydroxyl groups excluding tert-OH is 1. The third-order valence-electron chi connectivity index (χ3n) is 7.59. The fourth-order valence-corrected chi connectivity index (χ4v) is 5.73. The largest absolute Gasteiger partial charge is 0.497 e. The number of aryl methyl sites for hydroxylation is 1. The zero-order chi connectivity index (χ0) is 26.2. The molecular formula is C30H38N2O5. The fourth-order valence-electron chi connectivity index (χ4n) is 5.73. The second-order valence-corrected chi connectivity index (χ2v) is 9.93. The molecule has 0 spiro atoms.